The molecule has 0 N–H and O–H groups in total. The molecule has 3 aromatic carbocycles. The Kier molecular flexibility index (Phi) is 5.77. The SMILES string of the molecule is COc1ccc2c(c1)N(Cc1ccccc1)CCN2S(=O)(=O)c1ccc(C(F)(F)F)cc1. The van der Waals surface area contributed by atoms with Crippen LogP contribution in [-0.2, 0) is 22.7 Å². The third-order valence-corrected chi connectivity index (χ3v) is 7.18. The molecule has 0 fully saturated rings. The maximum absolute atomic E-state index is 13.3. The molecule has 0 radical (unpaired) electrons. The first-order valence-electron chi connectivity index (χ1n) is 9.87. The highest BCUT2D eigenvalue weighted by molar-refractivity contribution is 7.92. The van der Waals surface area contributed by atoms with E-state index in [1.165, 1.54) is 11.4 Å². The zero-order chi connectivity index (χ0) is 22.9. The van der Waals surface area contributed by atoms with Crippen LogP contribution in [0.2, 0.25) is 0 Å². The van der Waals surface area contributed by atoms with Crippen molar-refractivity contribution in [3.05, 3.63) is 83.9 Å². The molecule has 0 aliphatic carbocycles. The van der Waals surface area contributed by atoms with E-state index in [1.54, 1.807) is 18.2 Å². The molecule has 0 amide bonds. The van der Waals surface area contributed by atoms with Gasteiger partial charge in [0, 0.05) is 19.2 Å². The Bertz CT molecular complexity index is 1200. The first-order chi connectivity index (χ1) is 15.2. The Morgan fingerprint density at radius 1 is 0.906 bits per heavy atom. The Hall–Kier alpha value is -3.20. The average Bonchev–Trinajstić information content (AvgIpc) is 2.79. The lowest BCUT2D eigenvalue weighted by atomic mass is 10.1. The molecule has 32 heavy (non-hydrogen) atoms. The molecule has 0 atom stereocenters. The lowest BCUT2D eigenvalue weighted by Crippen LogP contribution is -2.43. The monoisotopic (exact) mass is 462 g/mol. The number of hydrogen-bond donors (Lipinski definition) is 0. The van der Waals surface area contributed by atoms with Gasteiger partial charge in [0.1, 0.15) is 5.75 Å². The van der Waals surface area contributed by atoms with Crippen molar-refractivity contribution < 1.29 is 26.3 Å². The van der Waals surface area contributed by atoms with Gasteiger partial charge in [0.25, 0.3) is 10.0 Å². The van der Waals surface area contributed by atoms with Gasteiger partial charge in [-0.2, -0.15) is 13.2 Å². The van der Waals surface area contributed by atoms with Crippen LogP contribution in [0.15, 0.2) is 77.7 Å². The van der Waals surface area contributed by atoms with Gasteiger partial charge in [-0.3, -0.25) is 4.31 Å². The fourth-order valence-electron chi connectivity index (χ4n) is 3.71. The number of fused-ring (bicyclic) bond motifs is 1. The van der Waals surface area contributed by atoms with Crippen LogP contribution in [0.3, 0.4) is 0 Å². The lowest BCUT2D eigenvalue weighted by molar-refractivity contribution is -0.137. The molecule has 0 spiro atoms. The third-order valence-electron chi connectivity index (χ3n) is 5.35. The number of ether oxygens (including phenoxy) is 1. The average molecular weight is 462 g/mol. The molecule has 1 aliphatic rings. The summed E-state index contributed by atoms with van der Waals surface area (Å²) in [6.07, 6.45) is -4.53. The van der Waals surface area contributed by atoms with Crippen LogP contribution in [0.5, 0.6) is 5.75 Å². The van der Waals surface area contributed by atoms with Crippen molar-refractivity contribution >= 4 is 21.4 Å². The summed E-state index contributed by atoms with van der Waals surface area (Å²) in [5.41, 5.74) is 1.30. The number of halogens is 3. The Morgan fingerprint density at radius 3 is 2.22 bits per heavy atom. The van der Waals surface area contributed by atoms with Crippen molar-refractivity contribution in [1.82, 2.24) is 0 Å². The zero-order valence-electron chi connectivity index (χ0n) is 17.2. The lowest BCUT2D eigenvalue weighted by Gasteiger charge is -2.38. The minimum Gasteiger partial charge on any atom is -0.497 e. The molecule has 168 valence electrons. The van der Waals surface area contributed by atoms with Gasteiger partial charge in [-0.25, -0.2) is 8.42 Å². The van der Waals surface area contributed by atoms with Crippen LogP contribution in [-0.4, -0.2) is 28.6 Å². The Labute approximate surface area is 184 Å². The maximum atomic E-state index is 13.3. The third kappa shape index (κ3) is 4.25. The molecular formula is C23H21F3N2O3S. The summed E-state index contributed by atoms with van der Waals surface area (Å²) in [6.45, 7) is 1.15. The Balaban J connectivity index is 1.71. The number of hydrogen-bond acceptors (Lipinski definition) is 4. The van der Waals surface area contributed by atoms with Crippen LogP contribution in [0.1, 0.15) is 11.1 Å². The summed E-state index contributed by atoms with van der Waals surface area (Å²) >= 11 is 0. The largest absolute Gasteiger partial charge is 0.497 e. The molecular weight excluding hydrogens is 441 g/mol. The second kappa shape index (κ2) is 8.38. The van der Waals surface area contributed by atoms with Crippen molar-refractivity contribution in [3.63, 3.8) is 0 Å². The van der Waals surface area contributed by atoms with Crippen LogP contribution >= 0.6 is 0 Å². The first kappa shape index (κ1) is 22.0. The van der Waals surface area contributed by atoms with E-state index in [-0.39, 0.29) is 11.4 Å². The maximum Gasteiger partial charge on any atom is 0.416 e. The normalized spacial score (nSPS) is 14.2. The minimum atomic E-state index is -4.53. The summed E-state index contributed by atoms with van der Waals surface area (Å²) in [6, 6.07) is 18.4. The van der Waals surface area contributed by atoms with E-state index < -0.39 is 21.8 Å². The number of anilines is 2. The highest BCUT2D eigenvalue weighted by atomic mass is 32.2. The van der Waals surface area contributed by atoms with Crippen LogP contribution in [0.25, 0.3) is 0 Å². The predicted molar refractivity (Wildman–Crippen MR) is 116 cm³/mol. The molecule has 0 unspecified atom stereocenters. The Morgan fingerprint density at radius 2 is 1.59 bits per heavy atom. The number of nitrogens with zero attached hydrogens (tertiary/aromatic N) is 2. The van der Waals surface area contributed by atoms with E-state index in [0.717, 1.165) is 29.8 Å². The van der Waals surface area contributed by atoms with Gasteiger partial charge in [-0.1, -0.05) is 30.3 Å². The highest BCUT2D eigenvalue weighted by Gasteiger charge is 2.34. The molecule has 5 nitrogen and oxygen atoms in total. The smallest absolute Gasteiger partial charge is 0.416 e. The van der Waals surface area contributed by atoms with Crippen molar-refractivity contribution in [1.29, 1.82) is 0 Å². The topological polar surface area (TPSA) is 49.9 Å². The number of sulfonamides is 1. The molecule has 9 heteroatoms. The van der Waals surface area contributed by atoms with Gasteiger partial charge in [0.2, 0.25) is 0 Å². The number of methoxy groups -OCH3 is 1. The molecule has 1 aliphatic heterocycles. The standard InChI is InChI=1S/C23H21F3N2O3S/c1-31-19-9-12-21-22(15-19)27(16-17-5-3-2-4-6-17)13-14-28(21)32(29,30)20-10-7-18(8-11-20)23(24,25)26/h2-12,15H,13-14,16H2,1H3. The minimum absolute atomic E-state index is 0.162. The number of alkyl halides is 3. The number of benzene rings is 3. The molecule has 0 bridgehead atoms. The van der Waals surface area contributed by atoms with E-state index in [1.807, 2.05) is 30.3 Å². The molecule has 0 saturated carbocycles. The highest BCUT2D eigenvalue weighted by Crippen LogP contribution is 2.40. The van der Waals surface area contributed by atoms with Crippen molar-refractivity contribution in [3.8, 4) is 5.75 Å². The fraction of sp³-hybridized carbons (Fsp3) is 0.217. The van der Waals surface area contributed by atoms with Crippen molar-refractivity contribution in [2.75, 3.05) is 29.4 Å². The van der Waals surface area contributed by atoms with Crippen LogP contribution in [0.4, 0.5) is 24.5 Å². The molecule has 0 saturated heterocycles. The molecule has 1 heterocycles. The van der Waals surface area contributed by atoms with E-state index >= 15 is 0 Å². The van der Waals surface area contributed by atoms with Gasteiger partial charge < -0.3 is 9.64 Å². The van der Waals surface area contributed by atoms with E-state index in [2.05, 4.69) is 4.90 Å². The zero-order valence-corrected chi connectivity index (χ0v) is 18.0. The molecule has 4 rings (SSSR count). The second-order valence-electron chi connectivity index (χ2n) is 7.36. The molecule has 3 aromatic rings. The van der Waals surface area contributed by atoms with Crippen molar-refractivity contribution in [2.24, 2.45) is 0 Å². The van der Waals surface area contributed by atoms with Crippen LogP contribution in [0, 0.1) is 0 Å². The predicted octanol–water partition coefficient (Wildman–Crippen LogP) is 4.93. The molecule has 0 aromatic heterocycles. The van der Waals surface area contributed by atoms with Gasteiger partial charge in [-0.15, -0.1) is 0 Å². The van der Waals surface area contributed by atoms with E-state index in [4.69, 9.17) is 4.74 Å². The van der Waals surface area contributed by atoms with Gasteiger partial charge in [0.05, 0.1) is 35.5 Å². The quantitative estimate of drug-likeness (QED) is 0.540. The van der Waals surface area contributed by atoms with Gasteiger partial charge >= 0.3 is 6.18 Å². The summed E-state index contributed by atoms with van der Waals surface area (Å²) in [5.74, 6) is 0.579. The number of rotatable bonds is 5. The van der Waals surface area contributed by atoms with Crippen molar-refractivity contribution in [2.45, 2.75) is 17.6 Å². The fourth-order valence-corrected chi connectivity index (χ4v) is 5.18. The van der Waals surface area contributed by atoms with Crippen LogP contribution < -0.4 is 13.9 Å². The van der Waals surface area contributed by atoms with Gasteiger partial charge in [0.15, 0.2) is 0 Å². The summed E-state index contributed by atoms with van der Waals surface area (Å²) < 4.78 is 71.9. The summed E-state index contributed by atoms with van der Waals surface area (Å²) in [4.78, 5) is 1.87. The van der Waals surface area contributed by atoms with E-state index in [9.17, 15) is 21.6 Å². The second-order valence-corrected chi connectivity index (χ2v) is 9.22. The summed E-state index contributed by atoms with van der Waals surface area (Å²) in [7, 11) is -2.52. The van der Waals surface area contributed by atoms with Gasteiger partial charge in [-0.05, 0) is 42.0 Å². The first-order valence-corrected chi connectivity index (χ1v) is 11.3. The van der Waals surface area contributed by atoms with E-state index in [0.29, 0.717) is 30.2 Å². The summed E-state index contributed by atoms with van der Waals surface area (Å²) in [5, 5.41) is 0.